The van der Waals surface area contributed by atoms with Gasteiger partial charge in [-0.3, -0.25) is 20.2 Å². The molecule has 0 aliphatic carbocycles. The summed E-state index contributed by atoms with van der Waals surface area (Å²) >= 11 is 0. The lowest BCUT2D eigenvalue weighted by Gasteiger charge is -2.16. The van der Waals surface area contributed by atoms with Crippen LogP contribution in [0.25, 0.3) is 16.6 Å². The molecule has 0 spiro atoms. The number of hydrogen-bond donors (Lipinski definition) is 0. The molecule has 4 rings (SSSR count). The summed E-state index contributed by atoms with van der Waals surface area (Å²) in [5, 5.41) is 27.4. The highest BCUT2D eigenvalue weighted by Gasteiger charge is 2.30. The number of benzene rings is 2. The molecular formula is C17H15N5O6S. The summed E-state index contributed by atoms with van der Waals surface area (Å²) in [4.78, 5) is 21.3. The zero-order valence-corrected chi connectivity index (χ0v) is 15.8. The summed E-state index contributed by atoms with van der Waals surface area (Å²) in [5.74, 6) is 0. The molecule has 12 heteroatoms. The van der Waals surface area contributed by atoms with Crippen molar-refractivity contribution in [1.29, 1.82) is 0 Å². The van der Waals surface area contributed by atoms with Gasteiger partial charge in [-0.2, -0.15) is 9.40 Å². The monoisotopic (exact) mass is 417 g/mol. The van der Waals surface area contributed by atoms with Crippen LogP contribution in [0.4, 0.5) is 11.4 Å². The van der Waals surface area contributed by atoms with Gasteiger partial charge in [-0.1, -0.05) is 0 Å². The smallest absolute Gasteiger partial charge is 0.258 e. The molecule has 2 aromatic carbocycles. The molecule has 3 aromatic rings. The van der Waals surface area contributed by atoms with Crippen LogP contribution in [-0.2, 0) is 10.0 Å². The number of aromatic nitrogens is 2. The van der Waals surface area contributed by atoms with Gasteiger partial charge in [-0.05, 0) is 31.0 Å². The Labute approximate surface area is 164 Å². The predicted octanol–water partition coefficient (Wildman–Crippen LogP) is 2.63. The van der Waals surface area contributed by atoms with Crippen molar-refractivity contribution in [3.05, 3.63) is 62.8 Å². The molecule has 29 heavy (non-hydrogen) atoms. The highest BCUT2D eigenvalue weighted by atomic mass is 32.2. The SMILES string of the molecule is O=[N+]([O-])c1ccc2cnn(-c3ccc(S(=O)(=O)N4CCCC4)cc3[N+](=O)[O-])c2c1. The predicted molar refractivity (Wildman–Crippen MR) is 102 cm³/mol. The summed E-state index contributed by atoms with van der Waals surface area (Å²) in [7, 11) is -3.83. The molecule has 1 aliphatic heterocycles. The second-order valence-electron chi connectivity index (χ2n) is 6.58. The van der Waals surface area contributed by atoms with Gasteiger partial charge >= 0.3 is 0 Å². The first-order chi connectivity index (χ1) is 13.8. The third-order valence-corrected chi connectivity index (χ3v) is 6.73. The number of nitro groups is 2. The van der Waals surface area contributed by atoms with Crippen LogP contribution in [0.1, 0.15) is 12.8 Å². The van der Waals surface area contributed by atoms with Crippen LogP contribution in [0, 0.1) is 20.2 Å². The van der Waals surface area contributed by atoms with E-state index in [0.717, 1.165) is 18.9 Å². The van der Waals surface area contributed by atoms with Crippen LogP contribution in [0.2, 0.25) is 0 Å². The molecule has 0 unspecified atom stereocenters. The second-order valence-corrected chi connectivity index (χ2v) is 8.51. The molecule has 0 N–H and O–H groups in total. The Bertz CT molecular complexity index is 1250. The molecule has 1 fully saturated rings. The first kappa shape index (κ1) is 19.0. The molecular weight excluding hydrogens is 402 g/mol. The van der Waals surface area contributed by atoms with Crippen molar-refractivity contribution in [1.82, 2.24) is 14.1 Å². The number of hydrogen-bond acceptors (Lipinski definition) is 7. The van der Waals surface area contributed by atoms with E-state index in [1.807, 2.05) is 0 Å². The Hall–Kier alpha value is -3.38. The second kappa shape index (κ2) is 6.90. The Morgan fingerprint density at radius 2 is 1.69 bits per heavy atom. The van der Waals surface area contributed by atoms with Crippen molar-refractivity contribution in [3.8, 4) is 5.69 Å². The molecule has 0 atom stereocenters. The molecule has 0 radical (unpaired) electrons. The van der Waals surface area contributed by atoms with Crippen LogP contribution in [0.5, 0.6) is 0 Å². The summed E-state index contributed by atoms with van der Waals surface area (Å²) in [6, 6.07) is 7.67. The zero-order valence-electron chi connectivity index (χ0n) is 15.0. The van der Waals surface area contributed by atoms with Gasteiger partial charge in [0.1, 0.15) is 5.69 Å². The van der Waals surface area contributed by atoms with Crippen LogP contribution in [0.3, 0.4) is 0 Å². The van der Waals surface area contributed by atoms with Crippen molar-refractivity contribution in [2.24, 2.45) is 0 Å². The molecule has 0 amide bonds. The van der Waals surface area contributed by atoms with Crippen molar-refractivity contribution in [3.63, 3.8) is 0 Å². The summed E-state index contributed by atoms with van der Waals surface area (Å²) in [6.45, 7) is 0.761. The Morgan fingerprint density at radius 3 is 2.34 bits per heavy atom. The first-order valence-electron chi connectivity index (χ1n) is 8.70. The highest BCUT2D eigenvalue weighted by Crippen LogP contribution is 2.31. The number of fused-ring (bicyclic) bond motifs is 1. The van der Waals surface area contributed by atoms with E-state index in [-0.39, 0.29) is 16.3 Å². The Morgan fingerprint density at radius 1 is 0.966 bits per heavy atom. The lowest BCUT2D eigenvalue weighted by atomic mass is 10.2. The average Bonchev–Trinajstić information content (AvgIpc) is 3.37. The van der Waals surface area contributed by atoms with Gasteiger partial charge in [0.15, 0.2) is 0 Å². The van der Waals surface area contributed by atoms with Crippen LogP contribution in [0.15, 0.2) is 47.5 Å². The van der Waals surface area contributed by atoms with E-state index in [1.54, 1.807) is 0 Å². The Kier molecular flexibility index (Phi) is 4.51. The molecule has 0 saturated carbocycles. The fourth-order valence-corrected chi connectivity index (χ4v) is 4.92. The molecule has 2 heterocycles. The molecule has 1 aliphatic rings. The molecule has 150 valence electrons. The van der Waals surface area contributed by atoms with Crippen molar-refractivity contribution < 1.29 is 18.3 Å². The van der Waals surface area contributed by atoms with Gasteiger partial charge in [-0.25, -0.2) is 13.1 Å². The van der Waals surface area contributed by atoms with Crippen LogP contribution in [-0.4, -0.2) is 45.4 Å². The maximum Gasteiger partial charge on any atom is 0.296 e. The minimum Gasteiger partial charge on any atom is -0.258 e. The highest BCUT2D eigenvalue weighted by molar-refractivity contribution is 7.89. The number of sulfonamides is 1. The van der Waals surface area contributed by atoms with E-state index in [2.05, 4.69) is 5.10 Å². The normalized spacial score (nSPS) is 15.0. The fourth-order valence-electron chi connectivity index (χ4n) is 3.38. The molecule has 1 saturated heterocycles. The largest absolute Gasteiger partial charge is 0.296 e. The van der Waals surface area contributed by atoms with Gasteiger partial charge in [0.25, 0.3) is 11.4 Å². The fraction of sp³-hybridized carbons (Fsp3) is 0.235. The molecule has 1 aromatic heterocycles. The standard InChI is InChI=1S/C17H15N5O6S/c23-21(24)13-4-3-12-11-18-20(16(12)9-13)15-6-5-14(10-17(15)22(25)26)29(27,28)19-7-1-2-8-19/h3-6,9-11H,1-2,7-8H2. The van der Waals surface area contributed by atoms with E-state index in [0.29, 0.717) is 24.0 Å². The maximum absolute atomic E-state index is 12.7. The quantitative estimate of drug-likeness (QED) is 0.459. The van der Waals surface area contributed by atoms with Crippen molar-refractivity contribution in [2.75, 3.05) is 13.1 Å². The summed E-state index contributed by atoms with van der Waals surface area (Å²) < 4.78 is 28.0. The third kappa shape index (κ3) is 3.21. The topological polar surface area (TPSA) is 141 Å². The molecule has 0 bridgehead atoms. The minimum absolute atomic E-state index is 0.0193. The van der Waals surface area contributed by atoms with E-state index in [9.17, 15) is 28.6 Å². The minimum atomic E-state index is -3.83. The number of nitro benzene ring substituents is 2. The van der Waals surface area contributed by atoms with Gasteiger partial charge < -0.3 is 0 Å². The van der Waals surface area contributed by atoms with E-state index in [1.165, 1.54) is 45.5 Å². The Balaban J connectivity index is 1.87. The van der Waals surface area contributed by atoms with Crippen LogP contribution < -0.4 is 0 Å². The number of rotatable bonds is 5. The first-order valence-corrected chi connectivity index (χ1v) is 10.1. The van der Waals surface area contributed by atoms with E-state index in [4.69, 9.17) is 0 Å². The van der Waals surface area contributed by atoms with Crippen molar-refractivity contribution >= 4 is 32.3 Å². The van der Waals surface area contributed by atoms with Gasteiger partial charge in [0.2, 0.25) is 10.0 Å². The summed E-state index contributed by atoms with van der Waals surface area (Å²) in [6.07, 6.45) is 2.92. The van der Waals surface area contributed by atoms with E-state index >= 15 is 0 Å². The molecule has 11 nitrogen and oxygen atoms in total. The maximum atomic E-state index is 12.7. The van der Waals surface area contributed by atoms with E-state index < -0.39 is 25.6 Å². The van der Waals surface area contributed by atoms with Gasteiger partial charge in [-0.15, -0.1) is 0 Å². The summed E-state index contributed by atoms with van der Waals surface area (Å²) in [5.41, 5.74) is -0.319. The zero-order chi connectivity index (χ0) is 20.8. The third-order valence-electron chi connectivity index (χ3n) is 4.84. The van der Waals surface area contributed by atoms with Crippen LogP contribution >= 0.6 is 0 Å². The number of nitrogens with zero attached hydrogens (tertiary/aromatic N) is 5. The average molecular weight is 417 g/mol. The van der Waals surface area contributed by atoms with Crippen molar-refractivity contribution in [2.45, 2.75) is 17.7 Å². The lowest BCUT2D eigenvalue weighted by molar-refractivity contribution is -0.385. The number of non-ortho nitro benzene ring substituents is 1. The van der Waals surface area contributed by atoms with Gasteiger partial charge in [0.05, 0.1) is 26.5 Å². The lowest BCUT2D eigenvalue weighted by Crippen LogP contribution is -2.27. The van der Waals surface area contributed by atoms with Gasteiger partial charge in [0, 0.05) is 36.7 Å².